The molecule has 0 spiro atoms. The van der Waals surface area contributed by atoms with Crippen molar-refractivity contribution in [3.63, 3.8) is 0 Å². The van der Waals surface area contributed by atoms with Gasteiger partial charge in [0.15, 0.2) is 0 Å². The van der Waals surface area contributed by atoms with Gasteiger partial charge in [-0.15, -0.1) is 0 Å². The molecule has 4 rings (SSSR count). The third kappa shape index (κ3) is 4.24. The number of phenols is 1. The first kappa shape index (κ1) is 20.8. The average molecular weight is 393 g/mol. The molecule has 0 aromatic heterocycles. The van der Waals surface area contributed by atoms with E-state index in [1.54, 1.807) is 6.07 Å². The van der Waals surface area contributed by atoms with Crippen molar-refractivity contribution in [2.24, 2.45) is 16.6 Å². The Labute approximate surface area is 174 Å². The van der Waals surface area contributed by atoms with Crippen LogP contribution >= 0.6 is 0 Å². The summed E-state index contributed by atoms with van der Waals surface area (Å²) < 4.78 is 0. The van der Waals surface area contributed by atoms with Crippen molar-refractivity contribution in [3.8, 4) is 5.75 Å². The number of allylic oxidation sites excluding steroid dienone is 2. The van der Waals surface area contributed by atoms with Gasteiger partial charge in [-0.3, -0.25) is 0 Å². The van der Waals surface area contributed by atoms with Crippen LogP contribution in [-0.2, 0) is 0 Å². The van der Waals surface area contributed by atoms with Crippen LogP contribution in [0.5, 0.6) is 5.75 Å². The van der Waals surface area contributed by atoms with E-state index < -0.39 is 0 Å². The van der Waals surface area contributed by atoms with Gasteiger partial charge in [0.2, 0.25) is 0 Å². The third-order valence-electron chi connectivity index (χ3n) is 5.59. The van der Waals surface area contributed by atoms with Gasteiger partial charge in [-0.25, -0.2) is 4.99 Å². The number of para-hydroxylation sites is 1. The Morgan fingerprint density at radius 1 is 1.28 bits per heavy atom. The quantitative estimate of drug-likeness (QED) is 0.813. The highest BCUT2D eigenvalue weighted by atomic mass is 16.3. The summed E-state index contributed by atoms with van der Waals surface area (Å²) in [5.74, 6) is 2.96. The molecule has 154 valence electrons. The Kier molecular flexibility index (Phi) is 6.47. The number of fused-ring (bicyclic) bond motifs is 1. The molecule has 3 N–H and O–H groups in total. The lowest BCUT2D eigenvalue weighted by atomic mass is 9.90. The first-order valence-corrected chi connectivity index (χ1v) is 10.3. The van der Waals surface area contributed by atoms with Gasteiger partial charge < -0.3 is 20.6 Å². The minimum Gasteiger partial charge on any atom is -0.507 e. The number of nitrogens with zero attached hydrogens (tertiary/aromatic N) is 3. The number of hydrogen-bond donors (Lipinski definition) is 2. The molecule has 0 bridgehead atoms. The number of nitrogens with two attached hydrogens (primary N) is 1. The molecular weight excluding hydrogens is 360 g/mol. The second-order valence-corrected chi connectivity index (χ2v) is 7.83. The molecule has 1 unspecified atom stereocenters. The van der Waals surface area contributed by atoms with Crippen LogP contribution in [0.4, 0.5) is 0 Å². The number of amidine groups is 1. The predicted octanol–water partition coefficient (Wildman–Crippen LogP) is 4.00. The summed E-state index contributed by atoms with van der Waals surface area (Å²) in [6, 6.07) is 7.63. The highest BCUT2D eigenvalue weighted by molar-refractivity contribution is 6.02. The molecule has 1 fully saturated rings. The molecule has 1 saturated heterocycles. The SMILES string of the molecule is C=CN.CCCC1CN(C2=C3C=CC(C)=CC3N(C)C(c3ccccc3O)=N2)C1. The van der Waals surface area contributed by atoms with E-state index in [2.05, 4.69) is 61.2 Å². The van der Waals surface area contributed by atoms with Gasteiger partial charge in [0, 0.05) is 25.7 Å². The second-order valence-electron chi connectivity index (χ2n) is 7.83. The van der Waals surface area contributed by atoms with E-state index in [9.17, 15) is 5.11 Å². The Hall–Kier alpha value is -2.95. The fourth-order valence-corrected chi connectivity index (χ4v) is 4.12. The molecule has 5 nitrogen and oxygen atoms in total. The van der Waals surface area contributed by atoms with Gasteiger partial charge in [-0.2, -0.15) is 0 Å². The number of hydrogen-bond acceptors (Lipinski definition) is 5. The lowest BCUT2D eigenvalue weighted by molar-refractivity contribution is 0.129. The van der Waals surface area contributed by atoms with Crippen LogP contribution < -0.4 is 5.73 Å². The van der Waals surface area contributed by atoms with Gasteiger partial charge in [-0.05, 0) is 37.6 Å². The number of aliphatic imine (C=N–C) groups is 1. The molecule has 0 saturated carbocycles. The molecule has 29 heavy (non-hydrogen) atoms. The highest BCUT2D eigenvalue weighted by Crippen LogP contribution is 2.36. The van der Waals surface area contributed by atoms with E-state index in [4.69, 9.17) is 4.99 Å². The van der Waals surface area contributed by atoms with Crippen molar-refractivity contribution < 1.29 is 5.11 Å². The predicted molar refractivity (Wildman–Crippen MR) is 120 cm³/mol. The van der Waals surface area contributed by atoms with E-state index >= 15 is 0 Å². The van der Waals surface area contributed by atoms with Crippen molar-refractivity contribution in [2.45, 2.75) is 32.7 Å². The maximum atomic E-state index is 10.4. The molecule has 1 aromatic rings. The molecule has 0 radical (unpaired) electrons. The summed E-state index contributed by atoms with van der Waals surface area (Å²) in [4.78, 5) is 9.60. The fraction of sp³-hybridized carbons (Fsp3) is 0.375. The number of likely N-dealkylation sites (N-methyl/N-ethyl adjacent to an activating group) is 1. The van der Waals surface area contributed by atoms with Gasteiger partial charge in [-0.1, -0.05) is 55.9 Å². The molecule has 0 amide bonds. The van der Waals surface area contributed by atoms with Crippen LogP contribution in [0.25, 0.3) is 0 Å². The Morgan fingerprint density at radius 3 is 2.62 bits per heavy atom. The Bertz CT molecular complexity index is 875. The first-order valence-electron chi connectivity index (χ1n) is 10.3. The lowest BCUT2D eigenvalue weighted by Crippen LogP contribution is -2.50. The van der Waals surface area contributed by atoms with Gasteiger partial charge in [0.25, 0.3) is 0 Å². The number of likely N-dealkylation sites (tertiary alicyclic amines) is 1. The van der Waals surface area contributed by atoms with Crippen molar-refractivity contribution in [2.75, 3.05) is 20.1 Å². The Morgan fingerprint density at radius 2 is 1.97 bits per heavy atom. The van der Waals surface area contributed by atoms with E-state index in [0.29, 0.717) is 0 Å². The number of rotatable bonds is 4. The van der Waals surface area contributed by atoms with Gasteiger partial charge in [0.1, 0.15) is 17.4 Å². The minimum atomic E-state index is 0.160. The molecule has 1 atom stereocenters. The van der Waals surface area contributed by atoms with Crippen molar-refractivity contribution >= 4 is 5.84 Å². The summed E-state index contributed by atoms with van der Waals surface area (Å²) in [7, 11) is 2.06. The van der Waals surface area contributed by atoms with Gasteiger partial charge in [0.05, 0.1) is 11.6 Å². The van der Waals surface area contributed by atoms with Crippen molar-refractivity contribution in [3.05, 3.63) is 77.8 Å². The van der Waals surface area contributed by atoms with Crippen LogP contribution in [0.2, 0.25) is 0 Å². The fourth-order valence-electron chi connectivity index (χ4n) is 4.12. The maximum Gasteiger partial charge on any atom is 0.142 e. The number of phenolic OH excluding ortho intramolecular Hbond substituents is 1. The lowest BCUT2D eigenvalue weighted by Gasteiger charge is -2.45. The molecule has 2 aliphatic heterocycles. The summed E-state index contributed by atoms with van der Waals surface area (Å²) >= 11 is 0. The zero-order valence-corrected chi connectivity index (χ0v) is 17.7. The van der Waals surface area contributed by atoms with Crippen LogP contribution in [0.1, 0.15) is 32.3 Å². The zero-order chi connectivity index (χ0) is 21.0. The van der Waals surface area contributed by atoms with Crippen LogP contribution in [0.3, 0.4) is 0 Å². The third-order valence-corrected chi connectivity index (χ3v) is 5.59. The first-order chi connectivity index (χ1) is 14.0. The van der Waals surface area contributed by atoms with E-state index in [1.165, 1.54) is 30.2 Å². The summed E-state index contributed by atoms with van der Waals surface area (Å²) in [6.07, 6.45) is 10.4. The van der Waals surface area contributed by atoms with Crippen LogP contribution in [0, 0.1) is 5.92 Å². The maximum absolute atomic E-state index is 10.4. The highest BCUT2D eigenvalue weighted by Gasteiger charge is 2.36. The number of aromatic hydroxyl groups is 1. The van der Waals surface area contributed by atoms with Gasteiger partial charge >= 0.3 is 0 Å². The Balaban J connectivity index is 0.000000755. The average Bonchev–Trinajstić information content (AvgIpc) is 2.67. The van der Waals surface area contributed by atoms with E-state index in [1.807, 2.05) is 18.2 Å². The molecule has 1 aromatic carbocycles. The molecule has 3 aliphatic rings. The van der Waals surface area contributed by atoms with Crippen molar-refractivity contribution in [1.29, 1.82) is 0 Å². The van der Waals surface area contributed by atoms with E-state index in [-0.39, 0.29) is 11.8 Å². The van der Waals surface area contributed by atoms with Crippen molar-refractivity contribution in [1.82, 2.24) is 9.80 Å². The molecular formula is C24H32N4O. The normalized spacial score (nSPS) is 20.9. The second kappa shape index (κ2) is 9.03. The standard InChI is InChI=1S/C22H27N3O.C2H5N/c1-4-7-16-13-25(14-16)22-17-11-10-15(2)12-19(17)24(3)21(23-22)18-8-5-6-9-20(18)26;1-2-3/h5-6,8-12,16,19,26H,4,7,13-14H2,1-3H3;2H,1,3H2. The molecule has 1 aliphatic carbocycles. The van der Waals surface area contributed by atoms with Crippen LogP contribution in [0.15, 0.2) is 77.2 Å². The largest absolute Gasteiger partial charge is 0.507 e. The number of benzene rings is 1. The summed E-state index contributed by atoms with van der Waals surface area (Å²) in [5.41, 5.74) is 7.92. The summed E-state index contributed by atoms with van der Waals surface area (Å²) in [6.45, 7) is 9.68. The zero-order valence-electron chi connectivity index (χ0n) is 17.7. The van der Waals surface area contributed by atoms with E-state index in [0.717, 1.165) is 36.2 Å². The monoisotopic (exact) mass is 392 g/mol. The van der Waals surface area contributed by atoms with Crippen LogP contribution in [-0.4, -0.2) is 46.9 Å². The minimum absolute atomic E-state index is 0.160. The molecule has 2 heterocycles. The smallest absolute Gasteiger partial charge is 0.142 e. The summed E-state index contributed by atoms with van der Waals surface area (Å²) in [5, 5.41) is 10.4. The topological polar surface area (TPSA) is 65.1 Å². The molecule has 5 heteroatoms.